The molecule has 5 heteroatoms. The van der Waals surface area contributed by atoms with Crippen LogP contribution in [0.15, 0.2) is 18.2 Å². The molecular formula is C14H20Cl2N2O. The number of nitrogens with one attached hydrogen (secondary N) is 2. The van der Waals surface area contributed by atoms with Crippen LogP contribution < -0.4 is 10.6 Å². The number of amides is 1. The molecule has 0 heterocycles. The Labute approximate surface area is 124 Å². The van der Waals surface area contributed by atoms with E-state index in [0.29, 0.717) is 23.1 Å². The van der Waals surface area contributed by atoms with E-state index in [-0.39, 0.29) is 17.7 Å². The maximum Gasteiger partial charge on any atom is 0.224 e. The second-order valence-electron chi connectivity index (χ2n) is 4.74. The van der Waals surface area contributed by atoms with E-state index in [1.807, 2.05) is 39.1 Å². The maximum absolute atomic E-state index is 11.8. The number of rotatable bonds is 6. The lowest BCUT2D eigenvalue weighted by molar-refractivity contribution is -0.124. The van der Waals surface area contributed by atoms with E-state index >= 15 is 0 Å². The fourth-order valence-electron chi connectivity index (χ4n) is 1.91. The van der Waals surface area contributed by atoms with Crippen LogP contribution in [0, 0.1) is 5.92 Å². The van der Waals surface area contributed by atoms with Crippen molar-refractivity contribution >= 4 is 29.1 Å². The van der Waals surface area contributed by atoms with Gasteiger partial charge in [0.25, 0.3) is 0 Å². The Bertz CT molecular complexity index is 417. The minimum absolute atomic E-state index is 0.0318. The van der Waals surface area contributed by atoms with Gasteiger partial charge in [0.05, 0.1) is 0 Å². The minimum Gasteiger partial charge on any atom is -0.355 e. The summed E-state index contributed by atoms with van der Waals surface area (Å²) in [4.78, 5) is 11.8. The highest BCUT2D eigenvalue weighted by Crippen LogP contribution is 2.30. The highest BCUT2D eigenvalue weighted by molar-refractivity contribution is 6.36. The van der Waals surface area contributed by atoms with Crippen molar-refractivity contribution in [1.82, 2.24) is 10.6 Å². The van der Waals surface area contributed by atoms with E-state index in [9.17, 15) is 4.79 Å². The molecule has 1 aromatic rings. The molecule has 0 aromatic heterocycles. The largest absolute Gasteiger partial charge is 0.355 e. The molecule has 2 unspecified atom stereocenters. The number of carbonyl (C=O) groups is 1. The lowest BCUT2D eigenvalue weighted by Gasteiger charge is -2.18. The lowest BCUT2D eigenvalue weighted by atomic mass is 10.0. The third-order valence-electron chi connectivity index (χ3n) is 3.03. The van der Waals surface area contributed by atoms with Crippen molar-refractivity contribution in [3.8, 4) is 0 Å². The summed E-state index contributed by atoms with van der Waals surface area (Å²) in [5.74, 6) is 0.0511. The van der Waals surface area contributed by atoms with Crippen molar-refractivity contribution in [2.45, 2.75) is 19.8 Å². The minimum atomic E-state index is -0.0566. The van der Waals surface area contributed by atoms with Crippen LogP contribution in [-0.4, -0.2) is 26.0 Å². The molecule has 0 bridgehead atoms. The molecule has 1 rings (SSSR count). The number of hydrogen-bond donors (Lipinski definition) is 2. The van der Waals surface area contributed by atoms with E-state index in [2.05, 4.69) is 10.6 Å². The number of benzene rings is 1. The topological polar surface area (TPSA) is 41.1 Å². The van der Waals surface area contributed by atoms with Crippen LogP contribution in [0.1, 0.15) is 25.3 Å². The lowest BCUT2D eigenvalue weighted by Crippen LogP contribution is -2.36. The fourth-order valence-corrected chi connectivity index (χ4v) is 2.68. The van der Waals surface area contributed by atoms with E-state index in [4.69, 9.17) is 23.2 Å². The molecule has 1 amide bonds. The SMILES string of the molecule is CNCC(C)C(=O)NCC(C)c1c(Cl)cccc1Cl. The monoisotopic (exact) mass is 302 g/mol. The van der Waals surface area contributed by atoms with Crippen molar-refractivity contribution in [3.63, 3.8) is 0 Å². The molecule has 2 atom stereocenters. The molecule has 1 aromatic carbocycles. The molecule has 0 spiro atoms. The zero-order chi connectivity index (χ0) is 14.4. The zero-order valence-corrected chi connectivity index (χ0v) is 13.0. The molecule has 3 nitrogen and oxygen atoms in total. The molecule has 0 fully saturated rings. The predicted molar refractivity (Wildman–Crippen MR) is 81.0 cm³/mol. The second-order valence-corrected chi connectivity index (χ2v) is 5.55. The van der Waals surface area contributed by atoms with E-state index in [1.165, 1.54) is 0 Å². The van der Waals surface area contributed by atoms with Crippen molar-refractivity contribution in [2.75, 3.05) is 20.1 Å². The Morgan fingerprint density at radius 3 is 2.32 bits per heavy atom. The van der Waals surface area contributed by atoms with Crippen LogP contribution in [0.25, 0.3) is 0 Å². The maximum atomic E-state index is 11.8. The second kappa shape index (κ2) is 7.73. The molecule has 2 N–H and O–H groups in total. The van der Waals surface area contributed by atoms with Crippen LogP contribution in [0.4, 0.5) is 0 Å². The Morgan fingerprint density at radius 1 is 1.21 bits per heavy atom. The summed E-state index contributed by atoms with van der Waals surface area (Å²) >= 11 is 12.3. The van der Waals surface area contributed by atoms with Crippen molar-refractivity contribution in [2.24, 2.45) is 5.92 Å². The molecule has 19 heavy (non-hydrogen) atoms. The molecule has 0 radical (unpaired) electrons. The van der Waals surface area contributed by atoms with Crippen LogP contribution in [0.3, 0.4) is 0 Å². The summed E-state index contributed by atoms with van der Waals surface area (Å²) in [6.45, 7) is 5.07. The molecule has 0 aliphatic carbocycles. The average molecular weight is 303 g/mol. The van der Waals surface area contributed by atoms with Gasteiger partial charge < -0.3 is 10.6 Å². The van der Waals surface area contributed by atoms with Gasteiger partial charge >= 0.3 is 0 Å². The third-order valence-corrected chi connectivity index (χ3v) is 3.69. The molecule has 0 aliphatic rings. The number of hydrogen-bond acceptors (Lipinski definition) is 2. The van der Waals surface area contributed by atoms with Gasteiger partial charge in [-0.25, -0.2) is 0 Å². The van der Waals surface area contributed by atoms with Gasteiger partial charge in [-0.2, -0.15) is 0 Å². The molecule has 106 valence electrons. The van der Waals surface area contributed by atoms with Crippen LogP contribution in [0.5, 0.6) is 0 Å². The smallest absolute Gasteiger partial charge is 0.224 e. The summed E-state index contributed by atoms with van der Waals surface area (Å²) in [5, 5.41) is 7.18. The van der Waals surface area contributed by atoms with Crippen LogP contribution in [-0.2, 0) is 4.79 Å². The van der Waals surface area contributed by atoms with Crippen LogP contribution in [0.2, 0.25) is 10.0 Å². The first-order chi connectivity index (χ1) is 8.97. The van der Waals surface area contributed by atoms with E-state index in [0.717, 1.165) is 5.56 Å². The first kappa shape index (κ1) is 16.3. The Morgan fingerprint density at radius 2 is 1.79 bits per heavy atom. The zero-order valence-electron chi connectivity index (χ0n) is 11.5. The van der Waals surface area contributed by atoms with Gasteiger partial charge in [-0.1, -0.05) is 43.1 Å². The fraction of sp³-hybridized carbons (Fsp3) is 0.500. The predicted octanol–water partition coefficient (Wildman–Crippen LogP) is 3.07. The number of carbonyl (C=O) groups excluding carboxylic acids is 1. The summed E-state index contributed by atoms with van der Waals surface area (Å²) < 4.78 is 0. The molecule has 0 aliphatic heterocycles. The quantitative estimate of drug-likeness (QED) is 0.848. The summed E-state index contributed by atoms with van der Waals surface area (Å²) in [5.41, 5.74) is 0.882. The van der Waals surface area contributed by atoms with E-state index < -0.39 is 0 Å². The van der Waals surface area contributed by atoms with Gasteiger partial charge in [-0.3, -0.25) is 4.79 Å². The first-order valence-electron chi connectivity index (χ1n) is 6.33. The van der Waals surface area contributed by atoms with Gasteiger partial charge in [-0.15, -0.1) is 0 Å². The normalized spacial score (nSPS) is 13.9. The van der Waals surface area contributed by atoms with Gasteiger partial charge in [0.2, 0.25) is 5.91 Å². The van der Waals surface area contributed by atoms with Gasteiger partial charge in [0.15, 0.2) is 0 Å². The third kappa shape index (κ3) is 4.68. The molecule has 0 saturated carbocycles. The first-order valence-corrected chi connectivity index (χ1v) is 7.09. The summed E-state index contributed by atoms with van der Waals surface area (Å²) in [6.07, 6.45) is 0. The van der Waals surface area contributed by atoms with Gasteiger partial charge in [-0.05, 0) is 24.7 Å². The average Bonchev–Trinajstić information content (AvgIpc) is 2.36. The van der Waals surface area contributed by atoms with Crippen molar-refractivity contribution in [3.05, 3.63) is 33.8 Å². The van der Waals surface area contributed by atoms with Gasteiger partial charge in [0.1, 0.15) is 0 Å². The van der Waals surface area contributed by atoms with Gasteiger partial charge in [0, 0.05) is 35.0 Å². The Hall–Kier alpha value is -0.770. The summed E-state index contributed by atoms with van der Waals surface area (Å²) in [7, 11) is 1.83. The van der Waals surface area contributed by atoms with Crippen molar-refractivity contribution in [1.29, 1.82) is 0 Å². The molecular weight excluding hydrogens is 283 g/mol. The summed E-state index contributed by atoms with van der Waals surface area (Å²) in [6, 6.07) is 5.43. The van der Waals surface area contributed by atoms with Crippen molar-refractivity contribution < 1.29 is 4.79 Å². The standard InChI is InChI=1S/C14H20Cl2N2O/c1-9(8-18-14(19)10(2)7-17-3)13-11(15)5-4-6-12(13)16/h4-6,9-10,17H,7-8H2,1-3H3,(H,18,19). The Kier molecular flexibility index (Phi) is 6.63. The molecule has 0 saturated heterocycles. The number of halogens is 2. The van der Waals surface area contributed by atoms with Crippen LogP contribution >= 0.6 is 23.2 Å². The highest BCUT2D eigenvalue weighted by atomic mass is 35.5. The van der Waals surface area contributed by atoms with E-state index in [1.54, 1.807) is 0 Å². The Balaban J connectivity index is 2.61. The highest BCUT2D eigenvalue weighted by Gasteiger charge is 2.16.